The molecule has 3 rings (SSSR count). The molecule has 0 amide bonds. The Labute approximate surface area is 131 Å². The Morgan fingerprint density at radius 1 is 1.14 bits per heavy atom. The molecule has 2 N–H and O–H groups in total. The number of hydrogen-bond donors (Lipinski definition) is 2. The second kappa shape index (κ2) is 6.64. The van der Waals surface area contributed by atoms with E-state index in [9.17, 15) is 8.42 Å². The standard InChI is InChI=1S/C15H23N3O3S/c1-22(19,20)13-4-2-12(3-5-13)14-10-16-11-15(17-14)18-6-8-21-9-7-18/h2-5,14-17H,6-11H2,1H3. The number of nitrogens with one attached hydrogen (secondary N) is 2. The lowest BCUT2D eigenvalue weighted by Gasteiger charge is -2.40. The second-order valence-corrected chi connectivity index (χ2v) is 7.90. The number of sulfone groups is 1. The molecule has 0 radical (unpaired) electrons. The Balaban J connectivity index is 1.69. The first-order valence-electron chi connectivity index (χ1n) is 7.62. The van der Waals surface area contributed by atoms with E-state index < -0.39 is 9.84 Å². The van der Waals surface area contributed by atoms with Gasteiger partial charge in [0.25, 0.3) is 0 Å². The minimum absolute atomic E-state index is 0.190. The highest BCUT2D eigenvalue weighted by Crippen LogP contribution is 2.19. The summed E-state index contributed by atoms with van der Waals surface area (Å²) in [6.07, 6.45) is 1.52. The van der Waals surface area contributed by atoms with E-state index in [2.05, 4.69) is 15.5 Å². The van der Waals surface area contributed by atoms with E-state index in [1.165, 1.54) is 6.26 Å². The van der Waals surface area contributed by atoms with Crippen LogP contribution in [0.2, 0.25) is 0 Å². The van der Waals surface area contributed by atoms with Crippen molar-refractivity contribution < 1.29 is 13.2 Å². The van der Waals surface area contributed by atoms with Gasteiger partial charge in [-0.15, -0.1) is 0 Å². The summed E-state index contributed by atoms with van der Waals surface area (Å²) in [6.45, 7) is 5.22. The molecule has 2 fully saturated rings. The molecule has 122 valence electrons. The first-order valence-corrected chi connectivity index (χ1v) is 9.52. The highest BCUT2D eigenvalue weighted by molar-refractivity contribution is 7.90. The van der Waals surface area contributed by atoms with E-state index in [4.69, 9.17) is 4.74 Å². The first kappa shape index (κ1) is 15.9. The zero-order valence-corrected chi connectivity index (χ0v) is 13.6. The summed E-state index contributed by atoms with van der Waals surface area (Å²) in [6, 6.07) is 7.36. The van der Waals surface area contributed by atoms with Gasteiger partial charge in [0, 0.05) is 38.5 Å². The van der Waals surface area contributed by atoms with E-state index >= 15 is 0 Å². The zero-order chi connectivity index (χ0) is 15.6. The van der Waals surface area contributed by atoms with Crippen LogP contribution in [0.25, 0.3) is 0 Å². The highest BCUT2D eigenvalue weighted by Gasteiger charge is 2.27. The van der Waals surface area contributed by atoms with Crippen molar-refractivity contribution in [1.82, 2.24) is 15.5 Å². The molecule has 1 aromatic carbocycles. The van der Waals surface area contributed by atoms with Gasteiger partial charge in [-0.1, -0.05) is 12.1 Å². The SMILES string of the molecule is CS(=O)(=O)c1ccc(C2CNCC(N3CCOCC3)N2)cc1. The topological polar surface area (TPSA) is 70.7 Å². The molecule has 7 heteroatoms. The molecule has 2 heterocycles. The molecule has 2 saturated heterocycles. The van der Waals surface area contributed by atoms with Crippen LogP contribution in [0, 0.1) is 0 Å². The van der Waals surface area contributed by atoms with E-state index in [1.807, 2.05) is 12.1 Å². The van der Waals surface area contributed by atoms with Crippen molar-refractivity contribution in [2.75, 3.05) is 45.6 Å². The molecule has 2 atom stereocenters. The Hall–Kier alpha value is -0.990. The lowest BCUT2D eigenvalue weighted by molar-refractivity contribution is 0.00118. The van der Waals surface area contributed by atoms with Gasteiger partial charge >= 0.3 is 0 Å². The van der Waals surface area contributed by atoms with Gasteiger partial charge in [-0.3, -0.25) is 10.2 Å². The van der Waals surface area contributed by atoms with Crippen LogP contribution >= 0.6 is 0 Å². The minimum Gasteiger partial charge on any atom is -0.379 e. The van der Waals surface area contributed by atoms with Gasteiger partial charge in [-0.05, 0) is 17.7 Å². The van der Waals surface area contributed by atoms with Crippen molar-refractivity contribution >= 4 is 9.84 Å². The van der Waals surface area contributed by atoms with Gasteiger partial charge in [0.2, 0.25) is 0 Å². The fourth-order valence-corrected chi connectivity index (χ4v) is 3.63. The monoisotopic (exact) mass is 325 g/mol. The van der Waals surface area contributed by atoms with Gasteiger partial charge in [0.15, 0.2) is 9.84 Å². The number of piperazine rings is 1. The fourth-order valence-electron chi connectivity index (χ4n) is 3.00. The molecule has 6 nitrogen and oxygen atoms in total. The fraction of sp³-hybridized carbons (Fsp3) is 0.600. The van der Waals surface area contributed by atoms with E-state index in [0.717, 1.165) is 45.0 Å². The van der Waals surface area contributed by atoms with Crippen molar-refractivity contribution in [2.24, 2.45) is 0 Å². The summed E-state index contributed by atoms with van der Waals surface area (Å²) in [5, 5.41) is 7.12. The maximum Gasteiger partial charge on any atom is 0.175 e. The molecule has 0 spiro atoms. The number of rotatable bonds is 3. The lowest BCUT2D eigenvalue weighted by atomic mass is 10.0. The predicted molar refractivity (Wildman–Crippen MR) is 84.5 cm³/mol. The molecule has 22 heavy (non-hydrogen) atoms. The molecular weight excluding hydrogens is 302 g/mol. The third kappa shape index (κ3) is 3.67. The molecule has 0 saturated carbocycles. The van der Waals surface area contributed by atoms with Gasteiger partial charge in [-0.25, -0.2) is 8.42 Å². The zero-order valence-electron chi connectivity index (χ0n) is 12.8. The summed E-state index contributed by atoms with van der Waals surface area (Å²) in [5.41, 5.74) is 1.11. The lowest BCUT2D eigenvalue weighted by Crippen LogP contribution is -2.60. The molecule has 2 aliphatic rings. The molecule has 0 bridgehead atoms. The minimum atomic E-state index is -3.14. The van der Waals surface area contributed by atoms with Crippen LogP contribution in [0.1, 0.15) is 11.6 Å². The highest BCUT2D eigenvalue weighted by atomic mass is 32.2. The van der Waals surface area contributed by atoms with Gasteiger partial charge < -0.3 is 10.1 Å². The van der Waals surface area contributed by atoms with E-state index in [1.54, 1.807) is 12.1 Å². The van der Waals surface area contributed by atoms with Gasteiger partial charge in [0.05, 0.1) is 24.3 Å². The predicted octanol–water partition coefficient (Wildman–Crippen LogP) is -0.0177. The van der Waals surface area contributed by atoms with E-state index in [0.29, 0.717) is 4.90 Å². The number of benzene rings is 1. The summed E-state index contributed by atoms with van der Waals surface area (Å²) in [4.78, 5) is 2.76. The van der Waals surface area contributed by atoms with Crippen LogP contribution in [-0.4, -0.2) is 65.1 Å². The van der Waals surface area contributed by atoms with Crippen molar-refractivity contribution in [3.63, 3.8) is 0 Å². The molecule has 2 aliphatic heterocycles. The Kier molecular flexibility index (Phi) is 4.79. The van der Waals surface area contributed by atoms with Crippen LogP contribution < -0.4 is 10.6 Å². The van der Waals surface area contributed by atoms with Crippen LogP contribution in [-0.2, 0) is 14.6 Å². The first-order chi connectivity index (χ1) is 10.5. The normalized spacial score (nSPS) is 27.7. The maximum absolute atomic E-state index is 11.5. The number of nitrogens with zero attached hydrogens (tertiary/aromatic N) is 1. The smallest absolute Gasteiger partial charge is 0.175 e. The third-order valence-electron chi connectivity index (χ3n) is 4.28. The molecule has 0 aromatic heterocycles. The van der Waals surface area contributed by atoms with Gasteiger partial charge in [0.1, 0.15) is 0 Å². The van der Waals surface area contributed by atoms with Crippen molar-refractivity contribution in [3.8, 4) is 0 Å². The molecular formula is C15H23N3O3S. The molecule has 2 unspecified atom stereocenters. The van der Waals surface area contributed by atoms with Crippen molar-refractivity contribution in [3.05, 3.63) is 29.8 Å². The van der Waals surface area contributed by atoms with Crippen LogP contribution in [0.15, 0.2) is 29.2 Å². The number of hydrogen-bond acceptors (Lipinski definition) is 6. The Bertz CT molecular complexity index is 597. The largest absolute Gasteiger partial charge is 0.379 e. The average molecular weight is 325 g/mol. The van der Waals surface area contributed by atoms with Crippen LogP contribution in [0.4, 0.5) is 0 Å². The summed E-state index contributed by atoms with van der Waals surface area (Å²) >= 11 is 0. The average Bonchev–Trinajstić information content (AvgIpc) is 2.55. The van der Waals surface area contributed by atoms with Gasteiger partial charge in [-0.2, -0.15) is 0 Å². The number of ether oxygens (including phenoxy) is 1. The summed E-state index contributed by atoms with van der Waals surface area (Å²) in [5.74, 6) is 0. The third-order valence-corrected chi connectivity index (χ3v) is 5.41. The van der Waals surface area contributed by atoms with Crippen LogP contribution in [0.3, 0.4) is 0 Å². The second-order valence-electron chi connectivity index (χ2n) is 5.88. The Morgan fingerprint density at radius 2 is 1.82 bits per heavy atom. The number of morpholine rings is 1. The van der Waals surface area contributed by atoms with Crippen molar-refractivity contribution in [1.29, 1.82) is 0 Å². The summed E-state index contributed by atoms with van der Waals surface area (Å²) in [7, 11) is -3.14. The maximum atomic E-state index is 11.5. The molecule has 0 aliphatic carbocycles. The molecule has 1 aromatic rings. The Morgan fingerprint density at radius 3 is 2.45 bits per heavy atom. The van der Waals surface area contributed by atoms with E-state index in [-0.39, 0.29) is 12.2 Å². The van der Waals surface area contributed by atoms with Crippen molar-refractivity contribution in [2.45, 2.75) is 17.1 Å². The quantitative estimate of drug-likeness (QED) is 0.814. The summed E-state index contributed by atoms with van der Waals surface area (Å²) < 4.78 is 28.5. The van der Waals surface area contributed by atoms with Crippen LogP contribution in [0.5, 0.6) is 0 Å².